The van der Waals surface area contributed by atoms with Crippen molar-refractivity contribution in [1.82, 2.24) is 10.2 Å². The number of benzene rings is 1. The molecule has 0 aromatic heterocycles. The lowest BCUT2D eigenvalue weighted by atomic mass is 10.0. The van der Waals surface area contributed by atoms with E-state index in [1.807, 2.05) is 0 Å². The minimum atomic E-state index is 0.514. The number of hydrogen-bond acceptors (Lipinski definition) is 3. The first kappa shape index (κ1) is 14.5. The lowest BCUT2D eigenvalue weighted by molar-refractivity contribution is 0.0331. The number of nitrogens with one attached hydrogen (secondary N) is 1. The summed E-state index contributed by atoms with van der Waals surface area (Å²) in [6.07, 6.45) is 1.09. The van der Waals surface area contributed by atoms with E-state index in [4.69, 9.17) is 4.74 Å². The van der Waals surface area contributed by atoms with Crippen LogP contribution < -0.4 is 5.32 Å². The van der Waals surface area contributed by atoms with Crippen molar-refractivity contribution in [1.29, 1.82) is 0 Å². The molecule has 1 aliphatic rings. The lowest BCUT2D eigenvalue weighted by Crippen LogP contribution is -2.48. The Hall–Kier alpha value is -0.900. The Bertz CT molecular complexity index is 347. The predicted octanol–water partition coefficient (Wildman–Crippen LogP) is 1.93. The third-order valence-corrected chi connectivity index (χ3v) is 3.48. The van der Waals surface area contributed by atoms with E-state index >= 15 is 0 Å². The predicted molar refractivity (Wildman–Crippen MR) is 79.5 cm³/mol. The van der Waals surface area contributed by atoms with Gasteiger partial charge in [-0.25, -0.2) is 0 Å². The van der Waals surface area contributed by atoms with Gasteiger partial charge >= 0.3 is 0 Å². The van der Waals surface area contributed by atoms with Crippen LogP contribution in [0.2, 0.25) is 0 Å². The maximum absolute atomic E-state index is 5.42. The molecule has 0 spiro atoms. The molecule has 1 fully saturated rings. The fourth-order valence-electron chi connectivity index (χ4n) is 2.64. The molecular weight excluding hydrogens is 236 g/mol. The van der Waals surface area contributed by atoms with Crippen molar-refractivity contribution in [3.8, 4) is 0 Å². The maximum atomic E-state index is 5.42. The van der Waals surface area contributed by atoms with Crippen LogP contribution in [0.4, 0.5) is 0 Å². The van der Waals surface area contributed by atoms with Gasteiger partial charge in [0.15, 0.2) is 0 Å². The molecule has 1 aliphatic heterocycles. The third kappa shape index (κ3) is 5.31. The van der Waals surface area contributed by atoms with Crippen molar-refractivity contribution >= 4 is 0 Å². The maximum Gasteiger partial charge on any atom is 0.0594 e. The van der Waals surface area contributed by atoms with Crippen LogP contribution in [0.15, 0.2) is 30.3 Å². The molecule has 0 unspecified atom stereocenters. The second-order valence-electron chi connectivity index (χ2n) is 5.62. The van der Waals surface area contributed by atoms with Crippen LogP contribution >= 0.6 is 0 Å². The number of rotatable bonds is 6. The van der Waals surface area contributed by atoms with Crippen LogP contribution in [0.3, 0.4) is 0 Å². The molecule has 1 N–H and O–H groups in total. The van der Waals surface area contributed by atoms with Gasteiger partial charge in [0.25, 0.3) is 0 Å². The second-order valence-corrected chi connectivity index (χ2v) is 5.62. The molecule has 0 radical (unpaired) electrons. The van der Waals surface area contributed by atoms with Crippen LogP contribution in [0.1, 0.15) is 19.4 Å². The Balaban J connectivity index is 1.91. The van der Waals surface area contributed by atoms with Crippen molar-refractivity contribution < 1.29 is 4.74 Å². The van der Waals surface area contributed by atoms with Gasteiger partial charge in [0.2, 0.25) is 0 Å². The summed E-state index contributed by atoms with van der Waals surface area (Å²) in [6.45, 7) is 9.42. The van der Waals surface area contributed by atoms with Gasteiger partial charge in [-0.15, -0.1) is 0 Å². The fraction of sp³-hybridized carbons (Fsp3) is 0.625. The van der Waals surface area contributed by atoms with Crippen LogP contribution in [0.5, 0.6) is 0 Å². The van der Waals surface area contributed by atoms with Gasteiger partial charge in [-0.1, -0.05) is 44.2 Å². The number of morpholine rings is 1. The first-order valence-corrected chi connectivity index (χ1v) is 7.34. The molecule has 1 heterocycles. The van der Waals surface area contributed by atoms with Crippen molar-refractivity contribution in [3.05, 3.63) is 35.9 Å². The van der Waals surface area contributed by atoms with E-state index in [2.05, 4.69) is 54.4 Å². The summed E-state index contributed by atoms with van der Waals surface area (Å²) in [5, 5.41) is 3.69. The number of hydrogen-bond donors (Lipinski definition) is 1. The molecule has 2 rings (SSSR count). The van der Waals surface area contributed by atoms with Gasteiger partial charge in [0, 0.05) is 31.7 Å². The largest absolute Gasteiger partial charge is 0.379 e. The quantitative estimate of drug-likeness (QED) is 0.848. The van der Waals surface area contributed by atoms with E-state index in [9.17, 15) is 0 Å². The Labute approximate surface area is 116 Å². The summed E-state index contributed by atoms with van der Waals surface area (Å²) in [5.41, 5.74) is 1.41. The van der Waals surface area contributed by atoms with Crippen molar-refractivity contribution in [3.63, 3.8) is 0 Å². The van der Waals surface area contributed by atoms with E-state index < -0.39 is 0 Å². The van der Waals surface area contributed by atoms with Crippen LogP contribution in [0.25, 0.3) is 0 Å². The molecule has 0 aliphatic carbocycles. The zero-order valence-electron chi connectivity index (χ0n) is 12.1. The average Bonchev–Trinajstić information content (AvgIpc) is 2.40. The number of nitrogens with zero attached hydrogens (tertiary/aromatic N) is 1. The zero-order chi connectivity index (χ0) is 13.5. The molecule has 3 heteroatoms. The van der Waals surface area contributed by atoms with E-state index in [0.717, 1.165) is 39.3 Å². The monoisotopic (exact) mass is 262 g/mol. The standard InChI is InChI=1S/C16H26N2O/c1-14(2)17-16(12-15-6-4-3-5-7-15)13-18-8-10-19-11-9-18/h3-7,14,16-17H,8-13H2,1-2H3/t16-/m0/s1. The molecule has 1 aromatic rings. The van der Waals surface area contributed by atoms with E-state index in [-0.39, 0.29) is 0 Å². The Morgan fingerprint density at radius 3 is 2.47 bits per heavy atom. The number of ether oxygens (including phenoxy) is 1. The van der Waals surface area contributed by atoms with Gasteiger partial charge in [0.05, 0.1) is 13.2 Å². The molecule has 19 heavy (non-hydrogen) atoms. The molecule has 106 valence electrons. The minimum absolute atomic E-state index is 0.514. The summed E-state index contributed by atoms with van der Waals surface area (Å²) >= 11 is 0. The minimum Gasteiger partial charge on any atom is -0.379 e. The summed E-state index contributed by atoms with van der Waals surface area (Å²) in [7, 11) is 0. The lowest BCUT2D eigenvalue weighted by Gasteiger charge is -2.32. The highest BCUT2D eigenvalue weighted by Gasteiger charge is 2.17. The molecule has 1 saturated heterocycles. The van der Waals surface area contributed by atoms with Crippen LogP contribution in [0, 0.1) is 0 Å². The SMILES string of the molecule is CC(C)N[C@@H](Cc1ccccc1)CN1CCOCC1. The summed E-state index contributed by atoms with van der Waals surface area (Å²) in [5.74, 6) is 0. The Morgan fingerprint density at radius 2 is 1.84 bits per heavy atom. The smallest absolute Gasteiger partial charge is 0.0594 e. The molecule has 1 atom stereocenters. The first-order valence-electron chi connectivity index (χ1n) is 7.34. The van der Waals surface area contributed by atoms with Gasteiger partial charge in [-0.2, -0.15) is 0 Å². The van der Waals surface area contributed by atoms with Crippen molar-refractivity contribution in [2.24, 2.45) is 0 Å². The van der Waals surface area contributed by atoms with Gasteiger partial charge in [-0.3, -0.25) is 4.90 Å². The molecule has 3 nitrogen and oxygen atoms in total. The van der Waals surface area contributed by atoms with E-state index in [1.165, 1.54) is 5.56 Å². The Kier molecular flexibility index (Phi) is 5.83. The van der Waals surface area contributed by atoms with Gasteiger partial charge in [-0.05, 0) is 12.0 Å². The molecular formula is C16H26N2O. The summed E-state index contributed by atoms with van der Waals surface area (Å²) in [4.78, 5) is 2.51. The topological polar surface area (TPSA) is 24.5 Å². The molecule has 0 bridgehead atoms. The third-order valence-electron chi connectivity index (χ3n) is 3.48. The normalized spacial score (nSPS) is 18.7. The van der Waals surface area contributed by atoms with E-state index in [0.29, 0.717) is 12.1 Å². The van der Waals surface area contributed by atoms with Gasteiger partial charge in [0.1, 0.15) is 0 Å². The van der Waals surface area contributed by atoms with Crippen molar-refractivity contribution in [2.45, 2.75) is 32.4 Å². The highest BCUT2D eigenvalue weighted by molar-refractivity contribution is 5.16. The van der Waals surface area contributed by atoms with Gasteiger partial charge < -0.3 is 10.1 Å². The highest BCUT2D eigenvalue weighted by atomic mass is 16.5. The average molecular weight is 262 g/mol. The van der Waals surface area contributed by atoms with Crippen molar-refractivity contribution in [2.75, 3.05) is 32.8 Å². The first-order chi connectivity index (χ1) is 9.24. The zero-order valence-corrected chi connectivity index (χ0v) is 12.1. The fourth-order valence-corrected chi connectivity index (χ4v) is 2.64. The van der Waals surface area contributed by atoms with Crippen LogP contribution in [-0.2, 0) is 11.2 Å². The summed E-state index contributed by atoms with van der Waals surface area (Å²) < 4.78 is 5.42. The highest BCUT2D eigenvalue weighted by Crippen LogP contribution is 2.07. The molecule has 0 saturated carbocycles. The van der Waals surface area contributed by atoms with E-state index in [1.54, 1.807) is 0 Å². The second kappa shape index (κ2) is 7.63. The van der Waals surface area contributed by atoms with Crippen LogP contribution in [-0.4, -0.2) is 49.8 Å². The summed E-state index contributed by atoms with van der Waals surface area (Å²) in [6, 6.07) is 11.8. The Morgan fingerprint density at radius 1 is 1.16 bits per heavy atom. The molecule has 0 amide bonds. The molecule has 1 aromatic carbocycles.